The molecule has 0 aliphatic carbocycles. The number of benzene rings is 2. The van der Waals surface area contributed by atoms with Crippen molar-refractivity contribution in [2.75, 3.05) is 6.54 Å². The number of aromatic nitrogens is 1. The molecule has 3 rings (SSSR count). The molecular formula is C19H16BrN3O2S. The molecule has 0 amide bonds. The van der Waals surface area contributed by atoms with E-state index in [9.17, 15) is 10.1 Å². The van der Waals surface area contributed by atoms with E-state index < -0.39 is 4.92 Å². The molecule has 2 aromatic carbocycles. The predicted molar refractivity (Wildman–Crippen MR) is 109 cm³/mol. The minimum Gasteiger partial charge on any atom is -0.309 e. The summed E-state index contributed by atoms with van der Waals surface area (Å²) >= 11 is 5.09. The summed E-state index contributed by atoms with van der Waals surface area (Å²) in [6.45, 7) is 5.25. The zero-order chi connectivity index (χ0) is 18.5. The number of thiazole rings is 1. The Hall–Kier alpha value is -2.35. The van der Waals surface area contributed by atoms with Gasteiger partial charge in [-0.2, -0.15) is 0 Å². The van der Waals surface area contributed by atoms with E-state index in [1.165, 1.54) is 29.0 Å². The van der Waals surface area contributed by atoms with Gasteiger partial charge in [-0.15, -0.1) is 17.9 Å². The van der Waals surface area contributed by atoms with Gasteiger partial charge >= 0.3 is 0 Å². The molecule has 1 N–H and O–H groups in total. The molecule has 132 valence electrons. The van der Waals surface area contributed by atoms with Gasteiger partial charge in [0.05, 0.1) is 14.4 Å². The lowest BCUT2D eigenvalue weighted by molar-refractivity contribution is -0.384. The van der Waals surface area contributed by atoms with Crippen molar-refractivity contribution in [2.24, 2.45) is 0 Å². The number of hydrogen-bond acceptors (Lipinski definition) is 5. The molecule has 0 unspecified atom stereocenters. The molecule has 1 heterocycles. The summed E-state index contributed by atoms with van der Waals surface area (Å²) < 4.78 is 0.934. The summed E-state index contributed by atoms with van der Waals surface area (Å²) in [5.74, 6) is 0. The van der Waals surface area contributed by atoms with Gasteiger partial charge in [0.1, 0.15) is 5.01 Å². The third-order valence-electron chi connectivity index (χ3n) is 3.76. The molecule has 0 radical (unpaired) electrons. The van der Waals surface area contributed by atoms with E-state index in [1.54, 1.807) is 12.1 Å². The highest BCUT2D eigenvalue weighted by Gasteiger charge is 2.13. The Balaban J connectivity index is 1.81. The molecule has 0 aliphatic rings. The summed E-state index contributed by atoms with van der Waals surface area (Å²) in [4.78, 5) is 15.1. The topological polar surface area (TPSA) is 68.1 Å². The van der Waals surface area contributed by atoms with Gasteiger partial charge in [0.25, 0.3) is 5.69 Å². The van der Waals surface area contributed by atoms with Crippen LogP contribution in [-0.2, 0) is 6.54 Å². The first kappa shape index (κ1) is 18.4. The van der Waals surface area contributed by atoms with Crippen LogP contribution >= 0.6 is 27.3 Å². The number of non-ortho nitro benzene ring substituents is 1. The van der Waals surface area contributed by atoms with Gasteiger partial charge < -0.3 is 5.32 Å². The van der Waals surface area contributed by atoms with Crippen LogP contribution in [0.15, 0.2) is 65.0 Å². The van der Waals surface area contributed by atoms with E-state index in [4.69, 9.17) is 4.98 Å². The zero-order valence-corrected chi connectivity index (χ0v) is 16.2. The van der Waals surface area contributed by atoms with Crippen LogP contribution in [-0.4, -0.2) is 16.5 Å². The van der Waals surface area contributed by atoms with Gasteiger partial charge in [-0.05, 0) is 33.6 Å². The quantitative estimate of drug-likeness (QED) is 0.235. The summed E-state index contributed by atoms with van der Waals surface area (Å²) in [6.07, 6.45) is 1.83. The number of nitro benzene ring substituents is 1. The summed E-state index contributed by atoms with van der Waals surface area (Å²) in [7, 11) is 0. The summed E-state index contributed by atoms with van der Waals surface area (Å²) in [5, 5.41) is 14.9. The maximum atomic E-state index is 10.8. The normalized spacial score (nSPS) is 10.7. The van der Waals surface area contributed by atoms with Crippen LogP contribution in [0.25, 0.3) is 21.8 Å². The van der Waals surface area contributed by atoms with Crippen LogP contribution in [0.4, 0.5) is 5.69 Å². The van der Waals surface area contributed by atoms with E-state index in [0.717, 1.165) is 38.7 Å². The number of nitro groups is 1. The highest BCUT2D eigenvalue weighted by molar-refractivity contribution is 9.11. The molecule has 3 aromatic rings. The van der Waals surface area contributed by atoms with Gasteiger partial charge in [0, 0.05) is 36.3 Å². The Morgan fingerprint density at radius 3 is 2.42 bits per heavy atom. The van der Waals surface area contributed by atoms with Crippen LogP contribution in [0.1, 0.15) is 5.56 Å². The maximum Gasteiger partial charge on any atom is 0.269 e. The van der Waals surface area contributed by atoms with Crippen molar-refractivity contribution >= 4 is 33.0 Å². The molecule has 0 saturated heterocycles. The van der Waals surface area contributed by atoms with Gasteiger partial charge in [0.15, 0.2) is 0 Å². The van der Waals surface area contributed by atoms with Crippen molar-refractivity contribution in [3.8, 4) is 21.8 Å². The number of hydrogen-bond donors (Lipinski definition) is 1. The molecule has 0 saturated carbocycles. The largest absolute Gasteiger partial charge is 0.309 e. The number of rotatable bonds is 7. The third kappa shape index (κ3) is 4.24. The molecule has 5 nitrogen and oxygen atoms in total. The van der Waals surface area contributed by atoms with E-state index in [1.807, 2.05) is 18.2 Å². The van der Waals surface area contributed by atoms with Crippen LogP contribution in [0, 0.1) is 10.1 Å². The van der Waals surface area contributed by atoms with Crippen molar-refractivity contribution in [3.05, 3.63) is 80.7 Å². The smallest absolute Gasteiger partial charge is 0.269 e. The second-order valence-electron chi connectivity index (χ2n) is 5.56. The van der Waals surface area contributed by atoms with Crippen molar-refractivity contribution in [1.82, 2.24) is 10.3 Å². The van der Waals surface area contributed by atoms with Crippen LogP contribution < -0.4 is 5.32 Å². The first-order chi connectivity index (χ1) is 12.6. The molecular weight excluding hydrogens is 414 g/mol. The van der Waals surface area contributed by atoms with Crippen molar-refractivity contribution in [1.29, 1.82) is 0 Å². The van der Waals surface area contributed by atoms with Gasteiger partial charge in [-0.25, -0.2) is 4.98 Å². The van der Waals surface area contributed by atoms with Crippen molar-refractivity contribution < 1.29 is 4.92 Å². The summed E-state index contributed by atoms with van der Waals surface area (Å²) in [5.41, 5.74) is 4.02. The zero-order valence-electron chi connectivity index (χ0n) is 13.8. The third-order valence-corrected chi connectivity index (χ3v) is 5.51. The first-order valence-electron chi connectivity index (χ1n) is 7.90. The number of nitrogens with zero attached hydrogens (tertiary/aromatic N) is 2. The monoisotopic (exact) mass is 429 g/mol. The van der Waals surface area contributed by atoms with Crippen LogP contribution in [0.2, 0.25) is 0 Å². The second kappa shape index (κ2) is 8.35. The lowest BCUT2D eigenvalue weighted by Gasteiger charge is -2.04. The van der Waals surface area contributed by atoms with Crippen LogP contribution in [0.5, 0.6) is 0 Å². The molecule has 0 bridgehead atoms. The second-order valence-corrected chi connectivity index (χ2v) is 7.88. The average molecular weight is 430 g/mol. The lowest BCUT2D eigenvalue weighted by Crippen LogP contribution is -2.12. The molecule has 0 spiro atoms. The summed E-state index contributed by atoms with van der Waals surface area (Å²) in [6, 6.07) is 14.7. The van der Waals surface area contributed by atoms with E-state index in [0.29, 0.717) is 0 Å². The maximum absolute atomic E-state index is 10.8. The predicted octanol–water partition coefficient (Wildman–Crippen LogP) is 5.42. The fourth-order valence-corrected chi connectivity index (χ4v) is 4.03. The fraction of sp³-hybridized carbons (Fsp3) is 0.105. The Morgan fingerprint density at radius 2 is 1.81 bits per heavy atom. The number of halogens is 1. The molecule has 26 heavy (non-hydrogen) atoms. The van der Waals surface area contributed by atoms with Gasteiger partial charge in [0.2, 0.25) is 0 Å². The Morgan fingerprint density at radius 1 is 1.15 bits per heavy atom. The standard InChI is InChI=1S/C19H16BrN3O2S/c1-2-11-21-12-13-3-5-14(6-4-13)17-18(20)26-19(22-17)15-7-9-16(10-8-15)23(24)25/h2-10,21H,1,11-12H2. The van der Waals surface area contributed by atoms with E-state index in [-0.39, 0.29) is 5.69 Å². The van der Waals surface area contributed by atoms with Gasteiger partial charge in [-0.3, -0.25) is 10.1 Å². The van der Waals surface area contributed by atoms with E-state index in [2.05, 4.69) is 40.0 Å². The highest BCUT2D eigenvalue weighted by Crippen LogP contribution is 2.37. The van der Waals surface area contributed by atoms with Crippen molar-refractivity contribution in [2.45, 2.75) is 6.54 Å². The fourth-order valence-electron chi connectivity index (χ4n) is 2.43. The molecule has 7 heteroatoms. The minimum absolute atomic E-state index is 0.0743. The Kier molecular flexibility index (Phi) is 5.92. The van der Waals surface area contributed by atoms with Crippen LogP contribution in [0.3, 0.4) is 0 Å². The van der Waals surface area contributed by atoms with E-state index >= 15 is 0 Å². The molecule has 0 aliphatic heterocycles. The SMILES string of the molecule is C=CCNCc1ccc(-c2nc(-c3ccc([N+](=O)[O-])cc3)sc2Br)cc1. The van der Waals surface area contributed by atoms with Gasteiger partial charge in [-0.1, -0.05) is 30.3 Å². The van der Waals surface area contributed by atoms with Crippen molar-refractivity contribution in [3.63, 3.8) is 0 Å². The highest BCUT2D eigenvalue weighted by atomic mass is 79.9. The number of nitrogens with one attached hydrogen (secondary N) is 1. The Bertz CT molecular complexity index is 921. The average Bonchev–Trinajstić information content (AvgIpc) is 3.04. The Labute approximate surface area is 163 Å². The first-order valence-corrected chi connectivity index (χ1v) is 9.51. The molecule has 0 atom stereocenters. The minimum atomic E-state index is -0.404. The molecule has 0 fully saturated rings. The lowest BCUT2D eigenvalue weighted by atomic mass is 10.1. The molecule has 1 aromatic heterocycles.